The first-order valence-corrected chi connectivity index (χ1v) is 10.6. The molecule has 0 amide bonds. The molecule has 0 fully saturated rings. The largest absolute Gasteiger partial charge is 0.493 e. The molecule has 1 aliphatic rings. The zero-order chi connectivity index (χ0) is 20.7. The minimum atomic E-state index is -0.179. The summed E-state index contributed by atoms with van der Waals surface area (Å²) in [5, 5.41) is 0.928. The SMILES string of the molecule is COc1ccc(-c2cn(C(=O)C3CSc4ccccc43)c3ncccc23)cc1OC. The van der Waals surface area contributed by atoms with Gasteiger partial charge in [-0.15, -0.1) is 11.8 Å². The van der Waals surface area contributed by atoms with Gasteiger partial charge in [-0.1, -0.05) is 24.3 Å². The van der Waals surface area contributed by atoms with E-state index in [1.54, 1.807) is 36.7 Å². The molecule has 0 spiro atoms. The van der Waals surface area contributed by atoms with Crippen molar-refractivity contribution in [3.05, 3.63) is 72.6 Å². The van der Waals surface area contributed by atoms with Crippen LogP contribution in [0, 0.1) is 0 Å². The van der Waals surface area contributed by atoms with Crippen molar-refractivity contribution >= 4 is 28.7 Å². The van der Waals surface area contributed by atoms with Gasteiger partial charge in [0.05, 0.1) is 20.1 Å². The van der Waals surface area contributed by atoms with Gasteiger partial charge in [-0.2, -0.15) is 0 Å². The second-order valence-electron chi connectivity index (χ2n) is 7.10. The number of benzene rings is 2. The topological polar surface area (TPSA) is 53.4 Å². The van der Waals surface area contributed by atoms with Crippen LogP contribution >= 0.6 is 11.8 Å². The van der Waals surface area contributed by atoms with E-state index in [2.05, 4.69) is 11.1 Å². The summed E-state index contributed by atoms with van der Waals surface area (Å²) in [6.45, 7) is 0. The molecular weight excluding hydrogens is 396 g/mol. The number of pyridine rings is 1. The second kappa shape index (κ2) is 7.54. The predicted molar refractivity (Wildman–Crippen MR) is 119 cm³/mol. The molecule has 1 atom stereocenters. The molecule has 0 saturated heterocycles. The third-order valence-corrected chi connectivity index (χ3v) is 6.68. The van der Waals surface area contributed by atoms with Crippen LogP contribution in [0.15, 0.2) is 71.9 Å². The van der Waals surface area contributed by atoms with Crippen LogP contribution < -0.4 is 9.47 Å². The molecule has 5 rings (SSSR count). The van der Waals surface area contributed by atoms with E-state index in [9.17, 15) is 4.79 Å². The van der Waals surface area contributed by atoms with Gasteiger partial charge in [0.2, 0.25) is 5.91 Å². The first-order valence-electron chi connectivity index (χ1n) is 9.65. The zero-order valence-electron chi connectivity index (χ0n) is 16.7. The number of rotatable bonds is 4. The number of ether oxygens (including phenoxy) is 2. The molecule has 0 aliphatic carbocycles. The van der Waals surface area contributed by atoms with Gasteiger partial charge in [-0.25, -0.2) is 4.98 Å². The maximum atomic E-state index is 13.6. The molecule has 30 heavy (non-hydrogen) atoms. The smallest absolute Gasteiger partial charge is 0.240 e. The van der Waals surface area contributed by atoms with E-state index < -0.39 is 0 Å². The zero-order valence-corrected chi connectivity index (χ0v) is 17.5. The van der Waals surface area contributed by atoms with E-state index in [1.165, 1.54) is 4.90 Å². The summed E-state index contributed by atoms with van der Waals surface area (Å²) in [7, 11) is 3.23. The first kappa shape index (κ1) is 18.8. The fraction of sp³-hybridized carbons (Fsp3) is 0.167. The van der Waals surface area contributed by atoms with E-state index in [4.69, 9.17) is 9.47 Å². The fourth-order valence-electron chi connectivity index (χ4n) is 4.00. The number of methoxy groups -OCH3 is 2. The molecule has 1 aliphatic heterocycles. The molecule has 0 bridgehead atoms. The number of carbonyl (C=O) groups is 1. The highest BCUT2D eigenvalue weighted by Crippen LogP contribution is 2.41. The quantitative estimate of drug-likeness (QED) is 0.455. The summed E-state index contributed by atoms with van der Waals surface area (Å²) in [6, 6.07) is 17.8. The third-order valence-electron chi connectivity index (χ3n) is 5.49. The highest BCUT2D eigenvalue weighted by molar-refractivity contribution is 7.99. The number of hydrogen-bond donors (Lipinski definition) is 0. The van der Waals surface area contributed by atoms with Crippen LogP contribution in [-0.4, -0.2) is 35.4 Å². The summed E-state index contributed by atoms with van der Waals surface area (Å²) in [5.74, 6) is 1.92. The van der Waals surface area contributed by atoms with Gasteiger partial charge >= 0.3 is 0 Å². The lowest BCUT2D eigenvalue weighted by Gasteiger charge is -2.11. The molecule has 5 nitrogen and oxygen atoms in total. The van der Waals surface area contributed by atoms with Crippen molar-refractivity contribution in [1.82, 2.24) is 9.55 Å². The standard InChI is InChI=1S/C24H20N2O3S/c1-28-20-10-9-15(12-21(20)29-2)18-13-26(23-17(18)7-5-11-25-23)24(27)19-14-30-22-8-4-3-6-16(19)22/h3-13,19H,14H2,1-2H3. The minimum Gasteiger partial charge on any atom is -0.493 e. The summed E-state index contributed by atoms with van der Waals surface area (Å²) >= 11 is 1.73. The number of fused-ring (bicyclic) bond motifs is 2. The molecular formula is C24H20N2O3S. The lowest BCUT2D eigenvalue weighted by atomic mass is 10.0. The van der Waals surface area contributed by atoms with Crippen LogP contribution in [0.25, 0.3) is 22.2 Å². The molecule has 150 valence electrons. The van der Waals surface area contributed by atoms with Crippen molar-refractivity contribution in [1.29, 1.82) is 0 Å². The highest BCUT2D eigenvalue weighted by atomic mass is 32.2. The summed E-state index contributed by atoms with van der Waals surface area (Å²) in [5.41, 5.74) is 3.64. The summed E-state index contributed by atoms with van der Waals surface area (Å²) in [6.07, 6.45) is 3.62. The van der Waals surface area contributed by atoms with E-state index in [-0.39, 0.29) is 11.8 Å². The van der Waals surface area contributed by atoms with Gasteiger partial charge in [0.25, 0.3) is 0 Å². The number of thioether (sulfide) groups is 1. The normalized spacial score (nSPS) is 15.2. The Balaban J connectivity index is 1.63. The van der Waals surface area contributed by atoms with Gasteiger partial charge in [0.15, 0.2) is 11.5 Å². The first-order chi connectivity index (χ1) is 14.7. The second-order valence-corrected chi connectivity index (χ2v) is 8.16. The van der Waals surface area contributed by atoms with Crippen LogP contribution in [0.2, 0.25) is 0 Å². The average molecular weight is 417 g/mol. The van der Waals surface area contributed by atoms with Crippen molar-refractivity contribution in [3.8, 4) is 22.6 Å². The Morgan fingerprint density at radius 2 is 1.90 bits per heavy atom. The van der Waals surface area contributed by atoms with Crippen molar-refractivity contribution < 1.29 is 14.3 Å². The molecule has 0 saturated carbocycles. The van der Waals surface area contributed by atoms with Crippen LogP contribution in [-0.2, 0) is 0 Å². The molecule has 6 heteroatoms. The summed E-state index contributed by atoms with van der Waals surface area (Å²) in [4.78, 5) is 19.3. The fourth-order valence-corrected chi connectivity index (χ4v) is 5.22. The Kier molecular flexibility index (Phi) is 4.71. The van der Waals surface area contributed by atoms with Gasteiger partial charge in [0.1, 0.15) is 5.65 Å². The van der Waals surface area contributed by atoms with Crippen molar-refractivity contribution in [3.63, 3.8) is 0 Å². The van der Waals surface area contributed by atoms with Crippen molar-refractivity contribution in [2.75, 3.05) is 20.0 Å². The highest BCUT2D eigenvalue weighted by Gasteiger charge is 2.31. The molecule has 4 aromatic rings. The Hall–Kier alpha value is -3.25. The van der Waals surface area contributed by atoms with E-state index in [1.807, 2.05) is 54.7 Å². The Bertz CT molecular complexity index is 1260. The number of aromatic nitrogens is 2. The van der Waals surface area contributed by atoms with E-state index in [0.717, 1.165) is 27.8 Å². The van der Waals surface area contributed by atoms with Crippen molar-refractivity contribution in [2.45, 2.75) is 10.8 Å². The van der Waals surface area contributed by atoms with Gasteiger partial charge in [0, 0.05) is 34.0 Å². The lowest BCUT2D eigenvalue weighted by Crippen LogP contribution is -2.19. The maximum absolute atomic E-state index is 13.6. The monoisotopic (exact) mass is 416 g/mol. The maximum Gasteiger partial charge on any atom is 0.240 e. The van der Waals surface area contributed by atoms with E-state index >= 15 is 0 Å². The van der Waals surface area contributed by atoms with Crippen molar-refractivity contribution in [2.24, 2.45) is 0 Å². The summed E-state index contributed by atoms with van der Waals surface area (Å²) < 4.78 is 12.5. The van der Waals surface area contributed by atoms with E-state index in [0.29, 0.717) is 17.1 Å². The lowest BCUT2D eigenvalue weighted by molar-refractivity contribution is 0.0892. The molecule has 2 aromatic heterocycles. The van der Waals surface area contributed by atoms with Gasteiger partial charge in [-0.3, -0.25) is 9.36 Å². The van der Waals surface area contributed by atoms with Crippen LogP contribution in [0.5, 0.6) is 11.5 Å². The molecule has 1 unspecified atom stereocenters. The minimum absolute atomic E-state index is 0.0443. The Morgan fingerprint density at radius 1 is 1.07 bits per heavy atom. The molecule has 3 heterocycles. The van der Waals surface area contributed by atoms with Gasteiger partial charge < -0.3 is 9.47 Å². The molecule has 0 radical (unpaired) electrons. The van der Waals surface area contributed by atoms with Crippen LogP contribution in [0.1, 0.15) is 16.3 Å². The Labute approximate surface area is 178 Å². The predicted octanol–water partition coefficient (Wildman–Crippen LogP) is 5.25. The Morgan fingerprint density at radius 3 is 2.73 bits per heavy atom. The van der Waals surface area contributed by atoms with Gasteiger partial charge in [-0.05, 0) is 41.5 Å². The average Bonchev–Trinajstić information content (AvgIpc) is 3.40. The molecule has 2 aromatic carbocycles. The third kappa shape index (κ3) is 2.95. The number of carbonyl (C=O) groups excluding carboxylic acids is 1. The van der Waals surface area contributed by atoms with Crippen LogP contribution in [0.3, 0.4) is 0 Å². The number of hydrogen-bond acceptors (Lipinski definition) is 5. The molecule has 0 N–H and O–H groups in total. The van der Waals surface area contributed by atoms with Crippen LogP contribution in [0.4, 0.5) is 0 Å². The number of nitrogens with zero attached hydrogens (tertiary/aromatic N) is 2.